The lowest BCUT2D eigenvalue weighted by molar-refractivity contribution is -0.117. The van der Waals surface area contributed by atoms with E-state index >= 15 is 0 Å². The third kappa shape index (κ3) is 2.77. The van der Waals surface area contributed by atoms with Gasteiger partial charge in [-0.25, -0.2) is 0 Å². The highest BCUT2D eigenvalue weighted by molar-refractivity contribution is 6.30. The summed E-state index contributed by atoms with van der Waals surface area (Å²) in [6, 6.07) is 11.7. The third-order valence-electron chi connectivity index (χ3n) is 5.77. The van der Waals surface area contributed by atoms with Gasteiger partial charge in [-0.3, -0.25) is 9.59 Å². The second-order valence-electron chi connectivity index (χ2n) is 7.37. The van der Waals surface area contributed by atoms with Crippen LogP contribution in [0.5, 0.6) is 0 Å². The van der Waals surface area contributed by atoms with Gasteiger partial charge in [-0.05, 0) is 47.9 Å². The maximum absolute atomic E-state index is 13.0. The first kappa shape index (κ1) is 16.6. The number of amides is 2. The van der Waals surface area contributed by atoms with Crippen LogP contribution in [0.4, 0.5) is 11.4 Å². The lowest BCUT2D eigenvalue weighted by atomic mass is 10.0. The van der Waals surface area contributed by atoms with E-state index in [-0.39, 0.29) is 11.8 Å². The molecule has 0 bridgehead atoms. The van der Waals surface area contributed by atoms with Crippen LogP contribution in [0.1, 0.15) is 21.5 Å². The van der Waals surface area contributed by atoms with Crippen molar-refractivity contribution in [3.63, 3.8) is 0 Å². The number of carbonyl (C=O) groups is 2. The summed E-state index contributed by atoms with van der Waals surface area (Å²) < 4.78 is 0. The summed E-state index contributed by atoms with van der Waals surface area (Å²) in [4.78, 5) is 31.2. The number of carbonyl (C=O) groups excluding carboxylic acids is 2. The normalized spacial score (nSPS) is 18.3. The first-order valence-corrected chi connectivity index (χ1v) is 9.74. The van der Waals surface area contributed by atoms with E-state index in [1.54, 1.807) is 0 Å². The summed E-state index contributed by atoms with van der Waals surface area (Å²) in [6.45, 7) is 3.69. The highest BCUT2D eigenvalue weighted by atomic mass is 35.5. The summed E-state index contributed by atoms with van der Waals surface area (Å²) >= 11 is 6.09. The lowest BCUT2D eigenvalue weighted by Crippen LogP contribution is -2.48. The number of hydrogen-bond donors (Lipinski definition) is 0. The molecule has 0 aromatic heterocycles. The molecule has 3 heterocycles. The molecule has 2 amide bonds. The van der Waals surface area contributed by atoms with Gasteiger partial charge in [-0.15, -0.1) is 0 Å². The van der Waals surface area contributed by atoms with Crippen molar-refractivity contribution in [1.82, 2.24) is 4.90 Å². The maximum Gasteiger partial charge on any atom is 0.253 e. The van der Waals surface area contributed by atoms with Crippen LogP contribution in [0, 0.1) is 0 Å². The van der Waals surface area contributed by atoms with Gasteiger partial charge in [0.2, 0.25) is 5.91 Å². The second-order valence-corrected chi connectivity index (χ2v) is 7.81. The van der Waals surface area contributed by atoms with E-state index in [1.807, 2.05) is 46.2 Å². The van der Waals surface area contributed by atoms with Crippen molar-refractivity contribution in [1.29, 1.82) is 0 Å². The Morgan fingerprint density at radius 1 is 0.963 bits per heavy atom. The van der Waals surface area contributed by atoms with Gasteiger partial charge in [-0.2, -0.15) is 0 Å². The van der Waals surface area contributed by atoms with Gasteiger partial charge in [0, 0.05) is 49.0 Å². The van der Waals surface area contributed by atoms with Gasteiger partial charge in [0.15, 0.2) is 0 Å². The smallest absolute Gasteiger partial charge is 0.253 e. The SMILES string of the molecule is O=C(c1cc2c3c(c1)CC(=O)N3CC2)N1CCN(c2cccc(Cl)c2)CC1. The minimum atomic E-state index is 0.0672. The van der Waals surface area contributed by atoms with Gasteiger partial charge in [0.05, 0.1) is 12.1 Å². The predicted octanol–water partition coefficient (Wildman–Crippen LogP) is 2.75. The number of benzene rings is 2. The maximum atomic E-state index is 13.0. The van der Waals surface area contributed by atoms with Gasteiger partial charge in [-0.1, -0.05) is 17.7 Å². The molecule has 0 unspecified atom stereocenters. The Kier molecular flexibility index (Phi) is 3.86. The Bertz CT molecular complexity index is 950. The molecule has 1 saturated heterocycles. The highest BCUT2D eigenvalue weighted by Crippen LogP contribution is 2.38. The van der Waals surface area contributed by atoms with E-state index < -0.39 is 0 Å². The molecule has 0 atom stereocenters. The molecule has 3 aliphatic heterocycles. The molecule has 0 aliphatic carbocycles. The van der Waals surface area contributed by atoms with Crippen molar-refractivity contribution in [3.8, 4) is 0 Å². The van der Waals surface area contributed by atoms with E-state index in [2.05, 4.69) is 4.90 Å². The van der Waals surface area contributed by atoms with Gasteiger partial charge in [0.1, 0.15) is 0 Å². The van der Waals surface area contributed by atoms with Crippen molar-refractivity contribution in [3.05, 3.63) is 58.1 Å². The predicted molar refractivity (Wildman–Crippen MR) is 106 cm³/mol. The minimum Gasteiger partial charge on any atom is -0.368 e. The first-order valence-electron chi connectivity index (χ1n) is 9.36. The largest absolute Gasteiger partial charge is 0.368 e. The zero-order chi connectivity index (χ0) is 18.5. The van der Waals surface area contributed by atoms with E-state index in [0.717, 1.165) is 59.1 Å². The van der Waals surface area contributed by atoms with Crippen LogP contribution >= 0.6 is 11.6 Å². The molecule has 2 aromatic carbocycles. The van der Waals surface area contributed by atoms with E-state index in [4.69, 9.17) is 11.6 Å². The van der Waals surface area contributed by atoms with E-state index in [1.165, 1.54) is 0 Å². The Morgan fingerprint density at radius 2 is 1.74 bits per heavy atom. The Morgan fingerprint density at radius 3 is 2.52 bits per heavy atom. The van der Waals surface area contributed by atoms with Crippen LogP contribution in [-0.4, -0.2) is 49.4 Å². The highest BCUT2D eigenvalue weighted by Gasteiger charge is 2.35. The molecule has 0 saturated carbocycles. The average Bonchev–Trinajstić information content (AvgIpc) is 3.25. The lowest BCUT2D eigenvalue weighted by Gasteiger charge is -2.36. The molecule has 0 N–H and O–H groups in total. The number of rotatable bonds is 2. The van der Waals surface area contributed by atoms with Crippen LogP contribution in [0.25, 0.3) is 0 Å². The number of halogens is 1. The van der Waals surface area contributed by atoms with Crippen LogP contribution in [0.15, 0.2) is 36.4 Å². The summed E-state index contributed by atoms with van der Waals surface area (Å²) in [5.74, 6) is 0.223. The summed E-state index contributed by atoms with van der Waals surface area (Å²) in [5.41, 5.74) is 5.02. The molecule has 138 valence electrons. The van der Waals surface area contributed by atoms with E-state index in [0.29, 0.717) is 19.5 Å². The van der Waals surface area contributed by atoms with Gasteiger partial charge >= 0.3 is 0 Å². The fourth-order valence-electron chi connectivity index (χ4n) is 4.43. The molecular formula is C21H20ClN3O2. The minimum absolute atomic E-state index is 0.0672. The third-order valence-corrected chi connectivity index (χ3v) is 6.01. The zero-order valence-electron chi connectivity index (χ0n) is 14.9. The second kappa shape index (κ2) is 6.27. The molecular weight excluding hydrogens is 362 g/mol. The zero-order valence-corrected chi connectivity index (χ0v) is 15.7. The standard InChI is InChI=1S/C21H20ClN3O2/c22-17-2-1-3-18(13-17)23-6-8-24(9-7-23)21(27)16-10-14-4-5-25-19(26)12-15(11-16)20(14)25/h1-3,10-11,13H,4-9,12H2. The molecule has 27 heavy (non-hydrogen) atoms. The van der Waals surface area contributed by atoms with Gasteiger partial charge < -0.3 is 14.7 Å². The summed E-state index contributed by atoms with van der Waals surface area (Å²) in [6.07, 6.45) is 1.27. The molecule has 3 aliphatic rings. The molecule has 0 spiro atoms. The fourth-order valence-corrected chi connectivity index (χ4v) is 4.62. The Hall–Kier alpha value is -2.53. The molecule has 0 radical (unpaired) electrons. The summed E-state index contributed by atoms with van der Waals surface area (Å²) in [5, 5.41) is 0.728. The van der Waals surface area contributed by atoms with Gasteiger partial charge in [0.25, 0.3) is 5.91 Å². The molecule has 6 heteroatoms. The van der Waals surface area contributed by atoms with Crippen molar-refractivity contribution in [2.24, 2.45) is 0 Å². The molecule has 2 aromatic rings. The Labute approximate surface area is 163 Å². The average molecular weight is 382 g/mol. The van der Waals surface area contributed by atoms with Crippen molar-refractivity contribution in [2.45, 2.75) is 12.8 Å². The fraction of sp³-hybridized carbons (Fsp3) is 0.333. The molecule has 5 rings (SSSR count). The van der Waals surface area contributed by atoms with Crippen molar-refractivity contribution in [2.75, 3.05) is 42.5 Å². The monoisotopic (exact) mass is 381 g/mol. The first-order chi connectivity index (χ1) is 13.1. The quantitative estimate of drug-likeness (QED) is 0.803. The number of anilines is 2. The van der Waals surface area contributed by atoms with E-state index in [9.17, 15) is 9.59 Å². The van der Waals surface area contributed by atoms with Crippen molar-refractivity contribution < 1.29 is 9.59 Å². The van der Waals surface area contributed by atoms with Crippen LogP contribution in [0.2, 0.25) is 5.02 Å². The number of piperazine rings is 1. The Balaban J connectivity index is 1.32. The molecule has 1 fully saturated rings. The van der Waals surface area contributed by atoms with Crippen molar-refractivity contribution >= 4 is 34.8 Å². The van der Waals surface area contributed by atoms with Crippen LogP contribution < -0.4 is 9.80 Å². The number of nitrogens with zero attached hydrogens (tertiary/aromatic N) is 3. The summed E-state index contributed by atoms with van der Waals surface area (Å²) in [7, 11) is 0. The topological polar surface area (TPSA) is 43.9 Å². The number of hydrogen-bond acceptors (Lipinski definition) is 3. The molecule has 5 nitrogen and oxygen atoms in total. The van der Waals surface area contributed by atoms with Crippen LogP contribution in [-0.2, 0) is 17.6 Å². The van der Waals surface area contributed by atoms with Crippen LogP contribution in [0.3, 0.4) is 0 Å².